The largest absolute Gasteiger partial charge is 0.320 e. The summed E-state index contributed by atoms with van der Waals surface area (Å²) < 4.78 is 0. The molecule has 0 radical (unpaired) electrons. The Kier molecular flexibility index (Phi) is 3.85. The van der Waals surface area contributed by atoms with Crippen LogP contribution in [0.2, 0.25) is 0 Å². The molecule has 0 aliphatic carbocycles. The number of hydrogen-bond donors (Lipinski definition) is 1. The molecule has 1 N–H and O–H groups in total. The molecule has 14 heavy (non-hydrogen) atoms. The second kappa shape index (κ2) is 5.17. The normalized spacial score (nSPS) is 9.50. The minimum Gasteiger partial charge on any atom is -0.320 e. The van der Waals surface area contributed by atoms with Crippen molar-refractivity contribution in [1.29, 1.82) is 0 Å². The fourth-order valence-corrected chi connectivity index (χ4v) is 1.26. The Morgan fingerprint density at radius 3 is 2.93 bits per heavy atom. The van der Waals surface area contributed by atoms with E-state index in [4.69, 9.17) is 0 Å². The van der Waals surface area contributed by atoms with Gasteiger partial charge in [0.15, 0.2) is 0 Å². The molecule has 0 saturated heterocycles. The molecule has 0 spiro atoms. The number of anilines is 1. The van der Waals surface area contributed by atoms with Gasteiger partial charge in [0.05, 0.1) is 0 Å². The summed E-state index contributed by atoms with van der Waals surface area (Å²) in [4.78, 5) is 20.9. The topological polar surface area (TPSA) is 46.2 Å². The quantitative estimate of drug-likeness (QED) is 0.582. The summed E-state index contributed by atoms with van der Waals surface area (Å²) in [5.74, 6) is -0.612. The van der Waals surface area contributed by atoms with Crippen LogP contribution in [0.15, 0.2) is 24.3 Å². The summed E-state index contributed by atoms with van der Waals surface area (Å²) in [7, 11) is 0. The van der Waals surface area contributed by atoms with Crippen LogP contribution in [0, 0.1) is 0 Å². The van der Waals surface area contributed by atoms with Crippen LogP contribution in [-0.2, 0) is 16.0 Å². The molecular formula is C11H13NO2. The van der Waals surface area contributed by atoms with E-state index in [1.165, 1.54) is 0 Å². The number of carbonyl (C=O) groups excluding carboxylic acids is 2. The lowest BCUT2D eigenvalue weighted by atomic mass is 10.1. The first-order chi connectivity index (χ1) is 6.76. The van der Waals surface area contributed by atoms with E-state index < -0.39 is 5.91 Å². The summed E-state index contributed by atoms with van der Waals surface area (Å²) >= 11 is 0. The van der Waals surface area contributed by atoms with Gasteiger partial charge < -0.3 is 5.32 Å². The number of nitrogens with one attached hydrogen (secondary N) is 1. The molecule has 0 aliphatic heterocycles. The lowest BCUT2D eigenvalue weighted by Crippen LogP contribution is -2.12. The minimum atomic E-state index is -0.612. The van der Waals surface area contributed by atoms with Crippen LogP contribution in [0.4, 0.5) is 5.69 Å². The van der Waals surface area contributed by atoms with Crippen LogP contribution in [-0.4, -0.2) is 12.2 Å². The molecule has 1 aromatic carbocycles. The third-order valence-corrected chi connectivity index (χ3v) is 1.84. The van der Waals surface area contributed by atoms with Gasteiger partial charge in [-0.3, -0.25) is 9.59 Å². The van der Waals surface area contributed by atoms with Crippen LogP contribution in [0.1, 0.15) is 18.9 Å². The van der Waals surface area contributed by atoms with E-state index in [1.54, 1.807) is 6.07 Å². The van der Waals surface area contributed by atoms with Gasteiger partial charge in [-0.15, -0.1) is 0 Å². The number of aryl methyl sites for hydroxylation is 1. The van der Waals surface area contributed by atoms with E-state index in [-0.39, 0.29) is 6.29 Å². The van der Waals surface area contributed by atoms with Gasteiger partial charge in [0, 0.05) is 5.69 Å². The highest BCUT2D eigenvalue weighted by Crippen LogP contribution is 2.11. The number of amides is 1. The summed E-state index contributed by atoms with van der Waals surface area (Å²) in [5, 5.41) is 2.48. The Balaban J connectivity index is 2.72. The lowest BCUT2D eigenvalue weighted by molar-refractivity contribution is -0.127. The van der Waals surface area contributed by atoms with Crippen molar-refractivity contribution in [3.8, 4) is 0 Å². The van der Waals surface area contributed by atoms with E-state index in [2.05, 4.69) is 12.2 Å². The molecule has 0 aromatic heterocycles. The zero-order valence-electron chi connectivity index (χ0n) is 8.12. The van der Waals surface area contributed by atoms with Gasteiger partial charge in [-0.25, -0.2) is 0 Å². The minimum absolute atomic E-state index is 0.270. The summed E-state index contributed by atoms with van der Waals surface area (Å²) in [5.41, 5.74) is 1.84. The second-order valence-electron chi connectivity index (χ2n) is 3.06. The third kappa shape index (κ3) is 3.01. The van der Waals surface area contributed by atoms with Crippen molar-refractivity contribution in [3.63, 3.8) is 0 Å². The number of benzene rings is 1. The molecule has 0 bridgehead atoms. The predicted octanol–water partition coefficient (Wildman–Crippen LogP) is 1.78. The predicted molar refractivity (Wildman–Crippen MR) is 55.1 cm³/mol. The summed E-state index contributed by atoms with van der Waals surface area (Å²) in [6.07, 6.45) is 2.31. The van der Waals surface area contributed by atoms with Gasteiger partial charge in [-0.05, 0) is 24.1 Å². The van der Waals surface area contributed by atoms with Crippen LogP contribution in [0.3, 0.4) is 0 Å². The van der Waals surface area contributed by atoms with Crippen LogP contribution in [0.5, 0.6) is 0 Å². The first kappa shape index (κ1) is 10.4. The monoisotopic (exact) mass is 191 g/mol. The molecule has 0 atom stereocenters. The maximum absolute atomic E-state index is 10.8. The molecule has 0 saturated carbocycles. The van der Waals surface area contributed by atoms with Gasteiger partial charge in [-0.1, -0.05) is 25.5 Å². The second-order valence-corrected chi connectivity index (χ2v) is 3.06. The fourth-order valence-electron chi connectivity index (χ4n) is 1.26. The molecule has 0 aliphatic rings. The first-order valence-corrected chi connectivity index (χ1v) is 4.61. The Morgan fingerprint density at radius 1 is 1.50 bits per heavy atom. The molecule has 1 amide bonds. The van der Waals surface area contributed by atoms with Crippen molar-refractivity contribution in [2.75, 3.05) is 5.32 Å². The zero-order valence-corrected chi connectivity index (χ0v) is 8.12. The number of carbonyl (C=O) groups is 2. The highest BCUT2D eigenvalue weighted by Gasteiger charge is 1.99. The molecule has 0 heterocycles. The Bertz CT molecular complexity index is 334. The Labute approximate surface area is 83.1 Å². The highest BCUT2D eigenvalue weighted by atomic mass is 16.2. The molecule has 74 valence electrons. The average molecular weight is 191 g/mol. The lowest BCUT2D eigenvalue weighted by Gasteiger charge is -2.03. The average Bonchev–Trinajstić information content (AvgIpc) is 2.19. The van der Waals surface area contributed by atoms with Crippen LogP contribution >= 0.6 is 0 Å². The highest BCUT2D eigenvalue weighted by molar-refractivity contribution is 6.29. The molecule has 3 heteroatoms. The maximum atomic E-state index is 10.8. The van der Waals surface area contributed by atoms with Gasteiger partial charge >= 0.3 is 0 Å². The fraction of sp³-hybridized carbons (Fsp3) is 0.273. The molecule has 3 nitrogen and oxygen atoms in total. The van der Waals surface area contributed by atoms with E-state index in [0.717, 1.165) is 18.4 Å². The summed E-state index contributed by atoms with van der Waals surface area (Å²) in [6, 6.07) is 7.51. The SMILES string of the molecule is CCCc1cccc(NC(=O)C=O)c1. The van der Waals surface area contributed by atoms with Crippen molar-refractivity contribution in [1.82, 2.24) is 0 Å². The van der Waals surface area contributed by atoms with E-state index in [0.29, 0.717) is 5.69 Å². The van der Waals surface area contributed by atoms with Crippen LogP contribution in [0.25, 0.3) is 0 Å². The van der Waals surface area contributed by atoms with Crippen molar-refractivity contribution in [2.24, 2.45) is 0 Å². The van der Waals surface area contributed by atoms with Crippen molar-refractivity contribution in [3.05, 3.63) is 29.8 Å². The smallest absolute Gasteiger partial charge is 0.288 e. The Morgan fingerprint density at radius 2 is 2.29 bits per heavy atom. The van der Waals surface area contributed by atoms with Gasteiger partial charge in [0.1, 0.15) is 0 Å². The molecule has 1 aromatic rings. The van der Waals surface area contributed by atoms with Crippen LogP contribution < -0.4 is 5.32 Å². The van der Waals surface area contributed by atoms with E-state index >= 15 is 0 Å². The van der Waals surface area contributed by atoms with Gasteiger partial charge in [0.25, 0.3) is 5.91 Å². The maximum Gasteiger partial charge on any atom is 0.288 e. The summed E-state index contributed by atoms with van der Waals surface area (Å²) in [6.45, 7) is 2.09. The third-order valence-electron chi connectivity index (χ3n) is 1.84. The number of aldehydes is 1. The van der Waals surface area contributed by atoms with Crippen molar-refractivity contribution < 1.29 is 9.59 Å². The van der Waals surface area contributed by atoms with Gasteiger partial charge in [-0.2, -0.15) is 0 Å². The number of hydrogen-bond acceptors (Lipinski definition) is 2. The molecular weight excluding hydrogens is 178 g/mol. The van der Waals surface area contributed by atoms with Crippen molar-refractivity contribution >= 4 is 17.9 Å². The van der Waals surface area contributed by atoms with E-state index in [9.17, 15) is 9.59 Å². The molecule has 0 fully saturated rings. The van der Waals surface area contributed by atoms with Crippen molar-refractivity contribution in [2.45, 2.75) is 19.8 Å². The molecule has 0 unspecified atom stereocenters. The molecule has 1 rings (SSSR count). The first-order valence-electron chi connectivity index (χ1n) is 4.61. The van der Waals surface area contributed by atoms with E-state index in [1.807, 2.05) is 18.2 Å². The Hall–Kier alpha value is -1.64. The zero-order chi connectivity index (χ0) is 10.4. The number of rotatable bonds is 4. The standard InChI is InChI=1S/C11H13NO2/c1-2-4-9-5-3-6-10(7-9)12-11(14)8-13/h3,5-8H,2,4H2,1H3,(H,12,14). The van der Waals surface area contributed by atoms with Gasteiger partial charge in [0.2, 0.25) is 6.29 Å².